The molecule has 4 heterocycles. The van der Waals surface area contributed by atoms with Gasteiger partial charge in [0.05, 0.1) is 31.3 Å². The van der Waals surface area contributed by atoms with E-state index in [2.05, 4.69) is 25.3 Å². The second-order valence-electron chi connectivity index (χ2n) is 12.6. The van der Waals surface area contributed by atoms with Crippen molar-refractivity contribution in [2.45, 2.75) is 91.0 Å². The molecule has 2 aromatic rings. The number of likely N-dealkylation sites (tertiary alicyclic amines) is 1. The number of nitrogens with one attached hydrogen (secondary N) is 3. The average Bonchev–Trinajstić information content (AvgIpc) is 3.78. The van der Waals surface area contributed by atoms with Crippen molar-refractivity contribution < 1.29 is 23.9 Å². The van der Waals surface area contributed by atoms with E-state index in [1.165, 1.54) is 7.11 Å². The molecule has 4 rings (SSSR count). The minimum Gasteiger partial charge on any atom is -0.453 e. The Labute approximate surface area is 248 Å². The van der Waals surface area contributed by atoms with Crippen molar-refractivity contribution in [2.75, 3.05) is 27.3 Å². The van der Waals surface area contributed by atoms with Crippen LogP contribution in [0.4, 0.5) is 4.79 Å². The summed E-state index contributed by atoms with van der Waals surface area (Å²) < 4.78 is 11.0. The summed E-state index contributed by atoms with van der Waals surface area (Å²) in [6.07, 6.45) is 5.93. The number of ether oxygens (including phenoxy) is 2. The van der Waals surface area contributed by atoms with E-state index >= 15 is 0 Å². The number of nitrogens with zero attached hydrogens (tertiary/aromatic N) is 4. The molecule has 232 valence electrons. The molecule has 0 saturated carbocycles. The first-order valence-electron chi connectivity index (χ1n) is 15.0. The highest BCUT2D eigenvalue weighted by Gasteiger charge is 2.51. The van der Waals surface area contributed by atoms with Crippen molar-refractivity contribution in [3.63, 3.8) is 0 Å². The topological polar surface area (TPSA) is 146 Å². The lowest BCUT2D eigenvalue weighted by atomic mass is 9.96. The Kier molecular flexibility index (Phi) is 9.64. The number of rotatable bonds is 10. The van der Waals surface area contributed by atoms with Gasteiger partial charge in [-0.25, -0.2) is 14.8 Å². The van der Waals surface area contributed by atoms with Crippen LogP contribution in [-0.2, 0) is 25.5 Å². The number of carbonyl (C=O) groups is 3. The Hall–Kier alpha value is -3.41. The van der Waals surface area contributed by atoms with Crippen molar-refractivity contribution in [3.05, 3.63) is 35.4 Å². The van der Waals surface area contributed by atoms with E-state index in [4.69, 9.17) is 9.47 Å². The Balaban J connectivity index is 1.50. The standard InChI is InChI=1S/C30H47N7O5/c1-17(2)19(5)27(38)36(7)20(6)25-31-14-21(33-25)12-22-15-32-26(34-22)23-13-30(10-9-11-42-30)16-37(23)28(39)24(18(3)4)35-29(40)41-8/h14-15,17-20,23-24H,9-13,16H2,1-8H3,(H,31,33)(H,32,34)(H,35,40)/t19-,20-,23-,24-,30-/m0/s1. The molecule has 0 aliphatic carbocycles. The quantitative estimate of drug-likeness (QED) is 0.385. The van der Waals surface area contributed by atoms with Gasteiger partial charge in [-0.1, -0.05) is 34.6 Å². The zero-order valence-corrected chi connectivity index (χ0v) is 26.2. The van der Waals surface area contributed by atoms with Gasteiger partial charge in [-0.2, -0.15) is 0 Å². The van der Waals surface area contributed by atoms with Gasteiger partial charge in [-0.3, -0.25) is 9.59 Å². The molecule has 0 radical (unpaired) electrons. The molecule has 2 aliphatic rings. The number of carbonyl (C=O) groups excluding carboxylic acids is 3. The van der Waals surface area contributed by atoms with Gasteiger partial charge in [-0.05, 0) is 31.6 Å². The summed E-state index contributed by atoms with van der Waals surface area (Å²) in [5.41, 5.74) is 1.35. The molecule has 42 heavy (non-hydrogen) atoms. The van der Waals surface area contributed by atoms with Crippen LogP contribution in [0.15, 0.2) is 12.4 Å². The van der Waals surface area contributed by atoms with E-state index in [0.717, 1.165) is 30.1 Å². The molecule has 2 saturated heterocycles. The number of hydrogen-bond acceptors (Lipinski definition) is 7. The van der Waals surface area contributed by atoms with Crippen LogP contribution in [0.25, 0.3) is 0 Å². The van der Waals surface area contributed by atoms with Crippen LogP contribution in [-0.4, -0.2) is 86.6 Å². The Morgan fingerprint density at radius 2 is 1.81 bits per heavy atom. The first-order chi connectivity index (χ1) is 19.9. The summed E-state index contributed by atoms with van der Waals surface area (Å²) in [5, 5.41) is 2.71. The number of aromatic amines is 2. The van der Waals surface area contributed by atoms with Crippen LogP contribution >= 0.6 is 0 Å². The average molecular weight is 586 g/mol. The lowest BCUT2D eigenvalue weighted by Gasteiger charge is -2.30. The largest absolute Gasteiger partial charge is 0.453 e. The first kappa shape index (κ1) is 31.5. The Bertz CT molecular complexity index is 1250. The molecule has 0 unspecified atom stereocenters. The van der Waals surface area contributed by atoms with Gasteiger partial charge in [0, 0.05) is 56.2 Å². The van der Waals surface area contributed by atoms with Crippen molar-refractivity contribution in [1.82, 2.24) is 35.1 Å². The fourth-order valence-electron chi connectivity index (χ4n) is 5.84. The van der Waals surface area contributed by atoms with Crippen LogP contribution in [0.1, 0.15) is 95.9 Å². The van der Waals surface area contributed by atoms with Crippen molar-refractivity contribution in [2.24, 2.45) is 17.8 Å². The smallest absolute Gasteiger partial charge is 0.407 e. The first-order valence-corrected chi connectivity index (χ1v) is 15.0. The molecule has 2 aromatic heterocycles. The number of hydrogen-bond donors (Lipinski definition) is 3. The maximum Gasteiger partial charge on any atom is 0.407 e. The maximum atomic E-state index is 13.8. The van der Waals surface area contributed by atoms with E-state index in [1.54, 1.807) is 22.2 Å². The van der Waals surface area contributed by atoms with Crippen LogP contribution < -0.4 is 5.32 Å². The fraction of sp³-hybridized carbons (Fsp3) is 0.700. The zero-order chi connectivity index (χ0) is 30.8. The van der Waals surface area contributed by atoms with E-state index in [9.17, 15) is 14.4 Å². The van der Waals surface area contributed by atoms with Crippen molar-refractivity contribution in [3.8, 4) is 0 Å². The summed E-state index contributed by atoms with van der Waals surface area (Å²) in [4.78, 5) is 58.3. The fourth-order valence-corrected chi connectivity index (χ4v) is 5.84. The number of alkyl carbamates (subject to hydrolysis) is 1. The second-order valence-corrected chi connectivity index (χ2v) is 12.6. The van der Waals surface area contributed by atoms with Crippen LogP contribution in [0.3, 0.4) is 0 Å². The highest BCUT2D eigenvalue weighted by atomic mass is 16.5. The third kappa shape index (κ3) is 6.63. The van der Waals surface area contributed by atoms with E-state index in [1.807, 2.05) is 48.6 Å². The molecule has 3 amide bonds. The molecule has 2 fully saturated rings. The van der Waals surface area contributed by atoms with Gasteiger partial charge in [-0.15, -0.1) is 0 Å². The number of methoxy groups -OCH3 is 1. The minimum absolute atomic E-state index is 0.0711. The van der Waals surface area contributed by atoms with Gasteiger partial charge >= 0.3 is 6.09 Å². The highest BCUT2D eigenvalue weighted by molar-refractivity contribution is 5.86. The minimum atomic E-state index is -0.732. The third-order valence-corrected chi connectivity index (χ3v) is 8.97. The van der Waals surface area contributed by atoms with Gasteiger partial charge in [0.15, 0.2) is 0 Å². The maximum absolute atomic E-state index is 13.8. The van der Waals surface area contributed by atoms with Crippen molar-refractivity contribution in [1.29, 1.82) is 0 Å². The third-order valence-electron chi connectivity index (χ3n) is 8.97. The molecule has 1 spiro atoms. The summed E-state index contributed by atoms with van der Waals surface area (Å²) in [6, 6.07) is -1.24. The number of aromatic nitrogens is 4. The van der Waals surface area contributed by atoms with Crippen LogP contribution in [0.5, 0.6) is 0 Å². The number of H-pyrrole nitrogens is 2. The lowest BCUT2D eigenvalue weighted by Crippen LogP contribution is -2.51. The van der Waals surface area contributed by atoms with E-state index in [-0.39, 0.29) is 41.7 Å². The summed E-state index contributed by atoms with van der Waals surface area (Å²) in [7, 11) is 3.10. The van der Waals surface area contributed by atoms with Crippen molar-refractivity contribution >= 4 is 17.9 Å². The molecule has 5 atom stereocenters. The van der Waals surface area contributed by atoms with Crippen LogP contribution in [0.2, 0.25) is 0 Å². The SMILES string of the molecule is COC(=O)N[C@H](C(=O)N1C[C@]2(CCCO2)C[C@H]1c1ncc(Cc2cnc([C@H](C)N(C)C(=O)[C@@H](C)C(C)C)[nH]2)[nH]1)C(C)C. The zero-order valence-electron chi connectivity index (χ0n) is 26.2. The second kappa shape index (κ2) is 12.8. The Morgan fingerprint density at radius 3 is 2.43 bits per heavy atom. The molecular formula is C30H47N7O5. The number of imidazole rings is 2. The molecule has 3 N–H and O–H groups in total. The van der Waals surface area contributed by atoms with Gasteiger partial charge in [0.25, 0.3) is 0 Å². The summed E-state index contributed by atoms with van der Waals surface area (Å²) in [5.74, 6) is 1.38. The Morgan fingerprint density at radius 1 is 1.12 bits per heavy atom. The molecule has 12 nitrogen and oxygen atoms in total. The van der Waals surface area contributed by atoms with Gasteiger partial charge in [0.1, 0.15) is 17.7 Å². The van der Waals surface area contributed by atoms with Gasteiger partial charge in [0.2, 0.25) is 11.8 Å². The molecule has 2 aliphatic heterocycles. The number of amides is 3. The molecule has 12 heteroatoms. The highest BCUT2D eigenvalue weighted by Crippen LogP contribution is 2.44. The summed E-state index contributed by atoms with van der Waals surface area (Å²) in [6.45, 7) is 12.9. The molecule has 0 aromatic carbocycles. The van der Waals surface area contributed by atoms with E-state index < -0.39 is 17.7 Å². The predicted octanol–water partition coefficient (Wildman–Crippen LogP) is 3.74. The van der Waals surface area contributed by atoms with E-state index in [0.29, 0.717) is 31.8 Å². The van der Waals surface area contributed by atoms with Gasteiger partial charge < -0.3 is 34.6 Å². The predicted molar refractivity (Wildman–Crippen MR) is 156 cm³/mol. The molecule has 0 bridgehead atoms. The monoisotopic (exact) mass is 585 g/mol. The summed E-state index contributed by atoms with van der Waals surface area (Å²) >= 11 is 0. The lowest BCUT2D eigenvalue weighted by molar-refractivity contribution is -0.137. The van der Waals surface area contributed by atoms with Crippen LogP contribution in [0, 0.1) is 17.8 Å². The normalized spacial score (nSPS) is 22.5. The molecular weight excluding hydrogens is 538 g/mol.